The van der Waals surface area contributed by atoms with Crippen LogP contribution in [0.15, 0.2) is 23.3 Å². The lowest BCUT2D eigenvalue weighted by molar-refractivity contribution is -0.145. The number of carbonyl (C=O) groups is 2. The molecular weight excluding hydrogens is 376 g/mol. The van der Waals surface area contributed by atoms with E-state index in [4.69, 9.17) is 4.74 Å². The quantitative estimate of drug-likeness (QED) is 0.755. The molecule has 1 saturated heterocycles. The lowest BCUT2D eigenvalue weighted by Gasteiger charge is -2.50. The molecule has 10 nitrogen and oxygen atoms in total. The van der Waals surface area contributed by atoms with Crippen molar-refractivity contribution in [3.63, 3.8) is 0 Å². The van der Waals surface area contributed by atoms with Gasteiger partial charge in [0.15, 0.2) is 0 Å². The molecule has 154 valence electrons. The number of methoxy groups -OCH3 is 1. The van der Waals surface area contributed by atoms with Gasteiger partial charge < -0.3 is 19.5 Å². The normalized spacial score (nSPS) is 18.0. The topological polar surface area (TPSA) is 113 Å². The highest BCUT2D eigenvalue weighted by atomic mass is 16.5. The second-order valence-corrected chi connectivity index (χ2v) is 7.46. The number of hydrogen-bond donors (Lipinski definition) is 1. The van der Waals surface area contributed by atoms with E-state index in [0.29, 0.717) is 32.5 Å². The second-order valence-electron chi connectivity index (χ2n) is 7.46. The molecule has 0 aromatic carbocycles. The fraction of sp³-hybridized carbons (Fsp3) is 0.526. The summed E-state index contributed by atoms with van der Waals surface area (Å²) in [7, 11) is 3.03. The van der Waals surface area contributed by atoms with Gasteiger partial charge in [-0.15, -0.1) is 0 Å². The molecule has 2 aromatic heterocycles. The van der Waals surface area contributed by atoms with Gasteiger partial charge in [-0.1, -0.05) is 0 Å². The van der Waals surface area contributed by atoms with Gasteiger partial charge in [-0.25, -0.2) is 9.67 Å². The maximum Gasteiger partial charge on any atom is 0.274 e. The molecule has 0 unspecified atom stereocenters. The number of rotatable bonds is 3. The number of piperidine rings is 1. The highest BCUT2D eigenvalue weighted by Crippen LogP contribution is 2.42. The van der Waals surface area contributed by atoms with Crippen LogP contribution in [-0.4, -0.2) is 74.7 Å². The summed E-state index contributed by atoms with van der Waals surface area (Å²) in [5.74, 6) is -0.288. The maximum absolute atomic E-state index is 12.9. The number of nitrogens with one attached hydrogen (secondary N) is 1. The first-order chi connectivity index (χ1) is 14.0. The Bertz CT molecular complexity index is 989. The molecule has 0 bridgehead atoms. The molecule has 0 aliphatic carbocycles. The third-order valence-electron chi connectivity index (χ3n) is 5.89. The van der Waals surface area contributed by atoms with Crippen LogP contribution in [0, 0.1) is 0 Å². The summed E-state index contributed by atoms with van der Waals surface area (Å²) >= 11 is 0. The third kappa shape index (κ3) is 3.23. The number of H-pyrrole nitrogens is 1. The molecule has 0 atom stereocenters. The maximum atomic E-state index is 12.9. The van der Waals surface area contributed by atoms with Crippen LogP contribution in [-0.2, 0) is 28.5 Å². The number of aryl methyl sites for hydroxylation is 1. The Morgan fingerprint density at radius 1 is 1.24 bits per heavy atom. The van der Waals surface area contributed by atoms with Crippen molar-refractivity contribution in [1.29, 1.82) is 0 Å². The molecule has 1 fully saturated rings. The fourth-order valence-corrected chi connectivity index (χ4v) is 4.41. The number of ether oxygens (including phenoxy) is 1. The monoisotopic (exact) mass is 400 g/mol. The van der Waals surface area contributed by atoms with E-state index in [1.165, 1.54) is 26.3 Å². The van der Waals surface area contributed by atoms with E-state index in [0.717, 1.165) is 22.5 Å². The molecule has 2 aliphatic rings. The van der Waals surface area contributed by atoms with Crippen molar-refractivity contribution in [2.24, 2.45) is 7.05 Å². The van der Waals surface area contributed by atoms with Crippen molar-refractivity contribution < 1.29 is 14.3 Å². The van der Waals surface area contributed by atoms with Crippen molar-refractivity contribution in [1.82, 2.24) is 29.5 Å². The summed E-state index contributed by atoms with van der Waals surface area (Å²) in [6.45, 7) is 1.54. The minimum atomic E-state index is -0.545. The van der Waals surface area contributed by atoms with E-state index in [1.54, 1.807) is 11.2 Å². The molecule has 1 spiro atoms. The molecule has 0 saturated carbocycles. The Labute approximate surface area is 167 Å². The minimum Gasteiger partial charge on any atom is -0.375 e. The Morgan fingerprint density at radius 2 is 2.00 bits per heavy atom. The zero-order chi connectivity index (χ0) is 20.6. The van der Waals surface area contributed by atoms with Gasteiger partial charge >= 0.3 is 0 Å². The number of imidazole rings is 1. The molecule has 1 N–H and O–H groups in total. The smallest absolute Gasteiger partial charge is 0.274 e. The first kappa shape index (κ1) is 19.3. The van der Waals surface area contributed by atoms with Gasteiger partial charge in [0, 0.05) is 52.0 Å². The van der Waals surface area contributed by atoms with E-state index in [-0.39, 0.29) is 29.7 Å². The summed E-state index contributed by atoms with van der Waals surface area (Å²) in [6, 6.07) is 2.80. The zero-order valence-electron chi connectivity index (χ0n) is 16.6. The fourth-order valence-electron chi connectivity index (χ4n) is 4.41. The number of aromatic amines is 1. The first-order valence-electron chi connectivity index (χ1n) is 9.62. The first-order valence-corrected chi connectivity index (χ1v) is 9.62. The van der Waals surface area contributed by atoms with Crippen LogP contribution in [0.4, 0.5) is 0 Å². The zero-order valence-corrected chi connectivity index (χ0v) is 16.6. The van der Waals surface area contributed by atoms with Crippen LogP contribution < -0.4 is 5.56 Å². The highest BCUT2D eigenvalue weighted by Gasteiger charge is 2.49. The van der Waals surface area contributed by atoms with Crippen LogP contribution >= 0.6 is 0 Å². The van der Waals surface area contributed by atoms with Crippen molar-refractivity contribution in [2.75, 3.05) is 33.4 Å². The van der Waals surface area contributed by atoms with Crippen molar-refractivity contribution in [3.8, 4) is 0 Å². The van der Waals surface area contributed by atoms with E-state index in [9.17, 15) is 14.4 Å². The van der Waals surface area contributed by atoms with E-state index in [2.05, 4.69) is 15.1 Å². The van der Waals surface area contributed by atoms with Crippen LogP contribution in [0.2, 0.25) is 0 Å². The van der Waals surface area contributed by atoms with Crippen molar-refractivity contribution >= 4 is 11.8 Å². The molecule has 0 radical (unpaired) electrons. The average molecular weight is 400 g/mol. The van der Waals surface area contributed by atoms with Crippen LogP contribution in [0.5, 0.6) is 0 Å². The Balaban J connectivity index is 1.58. The second kappa shape index (κ2) is 7.43. The van der Waals surface area contributed by atoms with Gasteiger partial charge in [0.1, 0.15) is 12.3 Å². The number of amides is 2. The molecule has 2 amide bonds. The van der Waals surface area contributed by atoms with E-state index >= 15 is 0 Å². The van der Waals surface area contributed by atoms with Gasteiger partial charge in [-0.2, -0.15) is 5.10 Å². The van der Waals surface area contributed by atoms with E-state index in [1.807, 2.05) is 4.90 Å². The number of aromatic nitrogens is 4. The number of hydrogen-bond acceptors (Lipinski definition) is 6. The summed E-state index contributed by atoms with van der Waals surface area (Å²) < 4.78 is 6.23. The molecule has 10 heteroatoms. The van der Waals surface area contributed by atoms with Crippen LogP contribution in [0.3, 0.4) is 0 Å². The van der Waals surface area contributed by atoms with E-state index < -0.39 is 5.54 Å². The lowest BCUT2D eigenvalue weighted by Crippen LogP contribution is -2.59. The van der Waals surface area contributed by atoms with Crippen molar-refractivity contribution in [3.05, 3.63) is 45.9 Å². The number of likely N-dealkylation sites (tertiary alicyclic amines) is 1. The van der Waals surface area contributed by atoms with Gasteiger partial charge in [0.2, 0.25) is 5.91 Å². The van der Waals surface area contributed by atoms with Crippen molar-refractivity contribution in [2.45, 2.75) is 24.8 Å². The molecule has 29 heavy (non-hydrogen) atoms. The third-order valence-corrected chi connectivity index (χ3v) is 5.89. The number of fused-ring (bicyclic) bond motifs is 2. The van der Waals surface area contributed by atoms with Gasteiger partial charge in [0.05, 0.1) is 17.6 Å². The molecule has 2 aromatic rings. The largest absolute Gasteiger partial charge is 0.375 e. The number of nitrogens with zero attached hydrogens (tertiary/aromatic N) is 5. The summed E-state index contributed by atoms with van der Waals surface area (Å²) in [6.07, 6.45) is 3.55. The van der Waals surface area contributed by atoms with Gasteiger partial charge in [-0.05, 0) is 18.9 Å². The van der Waals surface area contributed by atoms with Gasteiger partial charge in [-0.3, -0.25) is 14.4 Å². The molecule has 4 heterocycles. The molecule has 4 rings (SSSR count). The van der Waals surface area contributed by atoms with Crippen LogP contribution in [0.25, 0.3) is 0 Å². The summed E-state index contributed by atoms with van der Waals surface area (Å²) in [5, 5.41) is 4.06. The predicted molar refractivity (Wildman–Crippen MR) is 102 cm³/mol. The Hall–Kier alpha value is -3.01. The van der Waals surface area contributed by atoms with Crippen LogP contribution in [0.1, 0.15) is 34.7 Å². The molecule has 2 aliphatic heterocycles. The molecular formula is C19H24N6O4. The Morgan fingerprint density at radius 3 is 2.69 bits per heavy atom. The highest BCUT2D eigenvalue weighted by molar-refractivity contribution is 5.92. The van der Waals surface area contributed by atoms with Gasteiger partial charge in [0.25, 0.3) is 11.5 Å². The summed E-state index contributed by atoms with van der Waals surface area (Å²) in [5.41, 5.74) is 1.36. The average Bonchev–Trinajstić information content (AvgIpc) is 3.21. The lowest BCUT2D eigenvalue weighted by atomic mass is 9.78. The predicted octanol–water partition coefficient (Wildman–Crippen LogP) is -0.334. The SMILES string of the molecule is COCC(=O)N1CCc2[nH]cnc2C12CCN(C(=O)c1ccc(=O)n(C)n1)CC2. The number of carbonyl (C=O) groups excluding carboxylic acids is 2. The summed E-state index contributed by atoms with van der Waals surface area (Å²) in [4.78, 5) is 48.5. The minimum absolute atomic E-state index is 0.0200. The standard InChI is InChI=1S/C19H24N6O4/c1-23-15(26)4-3-14(22-23)18(28)24-9-6-19(7-10-24)17-13(20-12-21-17)5-8-25(19)16(27)11-29-2/h3-4,12H,5-11H2,1-2H3,(H,20,21). The Kier molecular flexibility index (Phi) is 4.95.